The van der Waals surface area contributed by atoms with Crippen LogP contribution in [-0.2, 0) is 6.42 Å². The van der Waals surface area contributed by atoms with Gasteiger partial charge in [0.05, 0.1) is 23.0 Å². The normalized spacial score (nSPS) is 19.2. The van der Waals surface area contributed by atoms with E-state index in [1.54, 1.807) is 30.6 Å². The molecule has 5 rings (SSSR count). The molecule has 2 aliphatic rings. The Labute approximate surface area is 248 Å². The molecular weight excluding hydrogens is 536 g/mol. The smallest absolute Gasteiger partial charge is 0.255 e. The van der Waals surface area contributed by atoms with Crippen LogP contribution in [0.1, 0.15) is 61.0 Å². The number of aryl methyl sites for hydroxylation is 1. The number of para-hydroxylation sites is 1. The number of phenolic OH excluding ortho intramolecular Hbond substituents is 1. The predicted molar refractivity (Wildman–Crippen MR) is 164 cm³/mol. The minimum Gasteiger partial charge on any atom is -0.507 e. The molecule has 9 heteroatoms. The number of amides is 1. The van der Waals surface area contributed by atoms with Crippen LogP contribution in [0.3, 0.4) is 0 Å². The number of nitrogens with one attached hydrogen (secondary N) is 2. The maximum absolute atomic E-state index is 12.5. The molecule has 2 fully saturated rings. The van der Waals surface area contributed by atoms with E-state index in [0.29, 0.717) is 17.1 Å². The molecule has 8 nitrogen and oxygen atoms in total. The number of phenols is 1. The number of hydrogen-bond donors (Lipinski definition) is 3. The molecule has 0 unspecified atom stereocenters. The fourth-order valence-corrected chi connectivity index (χ4v) is 6.26. The number of aromatic hydroxyl groups is 1. The van der Waals surface area contributed by atoms with Gasteiger partial charge in [0.15, 0.2) is 0 Å². The van der Waals surface area contributed by atoms with E-state index >= 15 is 0 Å². The Balaban J connectivity index is 1.02. The molecule has 3 aromatic rings. The molecule has 2 atom stereocenters. The SMILES string of the molecule is Cc1cc(CC(C)(C)CNC(=O)c2ccccc2O)cnc1NCC[C@@H]1C[C@@H]1C1CCN(c2ncc(Cl)cn2)CC1. The van der Waals surface area contributed by atoms with E-state index in [0.717, 1.165) is 66.7 Å². The minimum atomic E-state index is -0.263. The Morgan fingerprint density at radius 1 is 1.12 bits per heavy atom. The molecule has 1 aromatic carbocycles. The van der Waals surface area contributed by atoms with Gasteiger partial charge >= 0.3 is 0 Å². The van der Waals surface area contributed by atoms with Crippen molar-refractivity contribution in [1.29, 1.82) is 0 Å². The standard InChI is InChI=1S/C32H41ClN6O2/c1-21-14-22(16-32(2,3)20-38-30(41)26-6-4-5-7-28(26)40)17-35-29(21)34-11-8-24-15-27(24)23-9-12-39(13-10-23)31-36-18-25(33)19-37-31/h4-7,14,17-19,23-24,27,40H,8-13,15-16,20H2,1-3H3,(H,34,35)(H,38,41)/t24-,27-/m1/s1. The second-order valence-corrected chi connectivity index (χ2v) is 12.9. The third-order valence-electron chi connectivity index (χ3n) is 8.51. The van der Waals surface area contributed by atoms with Crippen molar-refractivity contribution in [2.75, 3.05) is 36.4 Å². The summed E-state index contributed by atoms with van der Waals surface area (Å²) >= 11 is 5.93. The van der Waals surface area contributed by atoms with Gasteiger partial charge < -0.3 is 20.6 Å². The number of piperidine rings is 1. The molecule has 0 spiro atoms. The van der Waals surface area contributed by atoms with E-state index in [4.69, 9.17) is 16.6 Å². The van der Waals surface area contributed by atoms with Crippen LogP contribution >= 0.6 is 11.6 Å². The highest BCUT2D eigenvalue weighted by Gasteiger charge is 2.43. The van der Waals surface area contributed by atoms with Crippen LogP contribution in [-0.4, -0.2) is 52.1 Å². The van der Waals surface area contributed by atoms with Crippen molar-refractivity contribution in [2.24, 2.45) is 23.2 Å². The van der Waals surface area contributed by atoms with E-state index < -0.39 is 0 Å². The van der Waals surface area contributed by atoms with Gasteiger partial charge in [0.2, 0.25) is 5.95 Å². The van der Waals surface area contributed by atoms with Crippen molar-refractivity contribution < 1.29 is 9.90 Å². The molecular formula is C32H41ClN6O2. The zero-order valence-corrected chi connectivity index (χ0v) is 25.0. The molecule has 3 N–H and O–H groups in total. The van der Waals surface area contributed by atoms with Crippen LogP contribution in [0.2, 0.25) is 5.02 Å². The highest BCUT2D eigenvalue weighted by molar-refractivity contribution is 6.30. The topological polar surface area (TPSA) is 103 Å². The quantitative estimate of drug-likeness (QED) is 0.261. The number of aromatic nitrogens is 3. The van der Waals surface area contributed by atoms with Gasteiger partial charge in [-0.1, -0.05) is 43.6 Å². The number of anilines is 2. The summed E-state index contributed by atoms with van der Waals surface area (Å²) in [5.74, 6) is 3.92. The summed E-state index contributed by atoms with van der Waals surface area (Å²) < 4.78 is 0. The summed E-state index contributed by atoms with van der Waals surface area (Å²) in [4.78, 5) is 28.3. The molecule has 1 saturated heterocycles. The average molecular weight is 577 g/mol. The maximum atomic E-state index is 12.5. The van der Waals surface area contributed by atoms with Crippen molar-refractivity contribution in [3.8, 4) is 5.75 Å². The lowest BCUT2D eigenvalue weighted by Crippen LogP contribution is -2.35. The Kier molecular flexibility index (Phi) is 8.97. The summed E-state index contributed by atoms with van der Waals surface area (Å²) in [6.45, 7) is 9.82. The maximum Gasteiger partial charge on any atom is 0.255 e. The molecule has 1 aliphatic carbocycles. The van der Waals surface area contributed by atoms with Crippen LogP contribution < -0.4 is 15.5 Å². The molecule has 218 valence electrons. The Morgan fingerprint density at radius 3 is 2.56 bits per heavy atom. The number of benzene rings is 1. The van der Waals surface area contributed by atoms with Crippen LogP contribution in [0.25, 0.3) is 0 Å². The first-order valence-corrected chi connectivity index (χ1v) is 15.0. The third kappa shape index (κ3) is 7.67. The van der Waals surface area contributed by atoms with Crippen LogP contribution in [0, 0.1) is 30.1 Å². The first-order chi connectivity index (χ1) is 19.7. The fourth-order valence-electron chi connectivity index (χ4n) is 6.16. The van der Waals surface area contributed by atoms with Gasteiger partial charge in [-0.15, -0.1) is 0 Å². The molecule has 0 radical (unpaired) electrons. The van der Waals surface area contributed by atoms with Crippen LogP contribution in [0.5, 0.6) is 5.75 Å². The summed E-state index contributed by atoms with van der Waals surface area (Å²) in [5, 5.41) is 17.0. The average Bonchev–Trinajstić information content (AvgIpc) is 3.73. The van der Waals surface area contributed by atoms with E-state index in [1.807, 2.05) is 6.20 Å². The van der Waals surface area contributed by atoms with Gasteiger partial charge in [0.25, 0.3) is 5.91 Å². The van der Waals surface area contributed by atoms with Crippen LogP contribution in [0.15, 0.2) is 48.9 Å². The van der Waals surface area contributed by atoms with E-state index in [9.17, 15) is 9.90 Å². The summed E-state index contributed by atoms with van der Waals surface area (Å²) in [6, 6.07) is 8.80. The molecule has 1 saturated carbocycles. The molecule has 41 heavy (non-hydrogen) atoms. The van der Waals surface area contributed by atoms with Crippen molar-refractivity contribution in [1.82, 2.24) is 20.3 Å². The highest BCUT2D eigenvalue weighted by Crippen LogP contribution is 2.49. The number of carbonyl (C=O) groups is 1. The van der Waals surface area contributed by atoms with Crippen molar-refractivity contribution >= 4 is 29.3 Å². The lowest BCUT2D eigenvalue weighted by atomic mass is 9.85. The van der Waals surface area contributed by atoms with Gasteiger partial charge in [-0.05, 0) is 85.5 Å². The van der Waals surface area contributed by atoms with E-state index in [2.05, 4.69) is 52.3 Å². The van der Waals surface area contributed by atoms with Crippen molar-refractivity contribution in [3.05, 3.63) is 70.6 Å². The first kappa shape index (κ1) is 29.1. The first-order valence-electron chi connectivity index (χ1n) is 14.7. The monoisotopic (exact) mass is 576 g/mol. The zero-order valence-electron chi connectivity index (χ0n) is 24.2. The predicted octanol–water partition coefficient (Wildman–Crippen LogP) is 5.89. The highest BCUT2D eigenvalue weighted by atomic mass is 35.5. The number of carbonyl (C=O) groups excluding carboxylic acids is 1. The second-order valence-electron chi connectivity index (χ2n) is 12.5. The number of pyridine rings is 1. The van der Waals surface area contributed by atoms with Gasteiger partial charge in [-0.2, -0.15) is 0 Å². The Hall–Kier alpha value is -3.39. The summed E-state index contributed by atoms with van der Waals surface area (Å²) in [6.07, 6.45) is 11.0. The number of rotatable bonds is 11. The van der Waals surface area contributed by atoms with Crippen LogP contribution in [0.4, 0.5) is 11.8 Å². The van der Waals surface area contributed by atoms with E-state index in [1.165, 1.54) is 31.7 Å². The van der Waals surface area contributed by atoms with Gasteiger partial charge in [-0.25, -0.2) is 15.0 Å². The largest absolute Gasteiger partial charge is 0.507 e. The van der Waals surface area contributed by atoms with Gasteiger partial charge in [-0.3, -0.25) is 4.79 Å². The molecule has 1 aliphatic heterocycles. The number of nitrogens with zero attached hydrogens (tertiary/aromatic N) is 4. The van der Waals surface area contributed by atoms with Gasteiger partial charge in [0.1, 0.15) is 11.6 Å². The fraction of sp³-hybridized carbons (Fsp3) is 0.500. The van der Waals surface area contributed by atoms with E-state index in [-0.39, 0.29) is 17.1 Å². The number of hydrogen-bond acceptors (Lipinski definition) is 7. The second kappa shape index (κ2) is 12.6. The van der Waals surface area contributed by atoms with Crippen molar-refractivity contribution in [2.45, 2.75) is 52.9 Å². The third-order valence-corrected chi connectivity index (χ3v) is 8.71. The Bertz CT molecular complexity index is 1340. The Morgan fingerprint density at radius 2 is 1.85 bits per heavy atom. The lowest BCUT2D eigenvalue weighted by molar-refractivity contribution is 0.0933. The van der Waals surface area contributed by atoms with Gasteiger partial charge in [0, 0.05) is 32.4 Å². The zero-order chi connectivity index (χ0) is 29.0. The molecule has 1 amide bonds. The summed E-state index contributed by atoms with van der Waals surface area (Å²) in [7, 11) is 0. The summed E-state index contributed by atoms with van der Waals surface area (Å²) in [5.41, 5.74) is 2.42. The van der Waals surface area contributed by atoms with Crippen molar-refractivity contribution in [3.63, 3.8) is 0 Å². The molecule has 3 heterocycles. The molecule has 0 bridgehead atoms. The number of halogens is 1. The lowest BCUT2D eigenvalue weighted by Gasteiger charge is -2.32. The molecule has 2 aromatic heterocycles. The minimum absolute atomic E-state index is 0.00553.